The van der Waals surface area contributed by atoms with E-state index in [1.54, 1.807) is 0 Å². The summed E-state index contributed by atoms with van der Waals surface area (Å²) in [5.74, 6) is 1.60. The number of alkyl halides is 1. The van der Waals surface area contributed by atoms with Crippen molar-refractivity contribution >= 4 is 34.2 Å². The lowest BCUT2D eigenvalue weighted by atomic mass is 9.84. The minimum absolute atomic E-state index is 0.00605. The van der Waals surface area contributed by atoms with Gasteiger partial charge < -0.3 is 10.6 Å². The second-order valence-corrected chi connectivity index (χ2v) is 12.2. The Hall–Kier alpha value is -0.660. The molecule has 0 aromatic carbocycles. The Bertz CT molecular complexity index is 640. The van der Waals surface area contributed by atoms with Crippen LogP contribution in [0.4, 0.5) is 0 Å². The van der Waals surface area contributed by atoms with Gasteiger partial charge in [-0.2, -0.15) is 0 Å². The molecule has 6 nitrogen and oxygen atoms in total. The van der Waals surface area contributed by atoms with Crippen LogP contribution in [0.15, 0.2) is 0 Å². The molecule has 0 saturated carbocycles. The highest BCUT2D eigenvalue weighted by Crippen LogP contribution is 2.26. The Balaban J connectivity index is 1.82. The first-order valence-corrected chi connectivity index (χ1v) is 14.4. The molecule has 2 aliphatic rings. The number of carbonyl (C=O) groups is 2. The molecule has 0 spiro atoms. The van der Waals surface area contributed by atoms with Crippen molar-refractivity contribution in [1.29, 1.82) is 0 Å². The molecule has 6 unspecified atom stereocenters. The number of carbonyl (C=O) groups excluding carboxylic acids is 2. The van der Waals surface area contributed by atoms with Crippen LogP contribution in [-0.4, -0.2) is 69.0 Å². The van der Waals surface area contributed by atoms with Crippen molar-refractivity contribution in [2.45, 2.75) is 96.6 Å². The van der Waals surface area contributed by atoms with Crippen LogP contribution in [0, 0.1) is 17.8 Å². The van der Waals surface area contributed by atoms with Crippen LogP contribution in [0.25, 0.3) is 0 Å². The van der Waals surface area contributed by atoms with Crippen LogP contribution in [0.5, 0.6) is 0 Å². The summed E-state index contributed by atoms with van der Waals surface area (Å²) in [6.07, 6.45) is 5.13. The zero-order valence-electron chi connectivity index (χ0n) is 20.6. The highest BCUT2D eigenvalue weighted by atomic mass is 35.5. The number of amides is 2. The normalized spacial score (nSPS) is 31.6. The van der Waals surface area contributed by atoms with Crippen LogP contribution >= 0.6 is 11.6 Å². The van der Waals surface area contributed by atoms with Gasteiger partial charge in [0.2, 0.25) is 11.8 Å². The predicted octanol–water partition coefficient (Wildman–Crippen LogP) is 3.30. The fourth-order valence-corrected chi connectivity index (χ4v) is 7.20. The SMILES string of the molecule is CCC(CC(Cl)CC(C)N(CC)C1CCS(=O)CC1)C(=O)NCC1C(=O)NC(C)CC1C. The summed E-state index contributed by atoms with van der Waals surface area (Å²) in [5, 5.41) is 5.94. The third-order valence-electron chi connectivity index (χ3n) is 7.39. The van der Waals surface area contributed by atoms with Crippen LogP contribution in [0.2, 0.25) is 0 Å². The minimum Gasteiger partial charge on any atom is -0.355 e. The van der Waals surface area contributed by atoms with Crippen molar-refractivity contribution in [3.05, 3.63) is 0 Å². The van der Waals surface area contributed by atoms with Crippen molar-refractivity contribution in [2.75, 3.05) is 24.6 Å². The number of nitrogens with one attached hydrogen (secondary N) is 2. The molecule has 8 heteroatoms. The van der Waals surface area contributed by atoms with Crippen LogP contribution in [0.3, 0.4) is 0 Å². The van der Waals surface area contributed by atoms with Crippen molar-refractivity contribution in [1.82, 2.24) is 15.5 Å². The van der Waals surface area contributed by atoms with E-state index in [0.717, 1.165) is 50.2 Å². The van der Waals surface area contributed by atoms with E-state index < -0.39 is 10.8 Å². The summed E-state index contributed by atoms with van der Waals surface area (Å²) in [6.45, 7) is 11.9. The molecule has 0 radical (unpaired) electrons. The zero-order valence-corrected chi connectivity index (χ0v) is 22.1. The van der Waals surface area contributed by atoms with E-state index in [2.05, 4.69) is 36.3 Å². The van der Waals surface area contributed by atoms with Gasteiger partial charge >= 0.3 is 0 Å². The van der Waals surface area contributed by atoms with Gasteiger partial charge in [0.25, 0.3) is 0 Å². The fourth-order valence-electron chi connectivity index (χ4n) is 5.45. The van der Waals surface area contributed by atoms with Gasteiger partial charge in [0.15, 0.2) is 0 Å². The molecule has 2 aliphatic heterocycles. The molecule has 6 atom stereocenters. The maximum atomic E-state index is 12.8. The van der Waals surface area contributed by atoms with Gasteiger partial charge in [-0.15, -0.1) is 11.6 Å². The lowest BCUT2D eigenvalue weighted by Crippen LogP contribution is -2.50. The Morgan fingerprint density at radius 1 is 1.25 bits per heavy atom. The lowest BCUT2D eigenvalue weighted by molar-refractivity contribution is -0.130. The van der Waals surface area contributed by atoms with Crippen molar-refractivity contribution in [2.24, 2.45) is 17.8 Å². The van der Waals surface area contributed by atoms with Gasteiger partial charge in [-0.3, -0.25) is 18.7 Å². The van der Waals surface area contributed by atoms with Crippen LogP contribution in [0.1, 0.15) is 73.1 Å². The molecule has 2 N–H and O–H groups in total. The van der Waals surface area contributed by atoms with E-state index in [9.17, 15) is 13.8 Å². The molecule has 2 fully saturated rings. The van der Waals surface area contributed by atoms with E-state index in [4.69, 9.17) is 11.6 Å². The Labute approximate surface area is 202 Å². The molecule has 2 amide bonds. The van der Waals surface area contributed by atoms with E-state index in [1.807, 2.05) is 13.8 Å². The Morgan fingerprint density at radius 2 is 1.91 bits per heavy atom. The average molecular weight is 490 g/mol. The summed E-state index contributed by atoms with van der Waals surface area (Å²) >= 11 is 6.75. The fraction of sp³-hybridized carbons (Fsp3) is 0.917. The standard InChI is InChI=1S/C24H44ClN3O3S/c1-6-19(23(29)26-15-22-16(3)12-17(4)27-24(22)30)14-20(25)13-18(5)28(7-2)21-8-10-32(31)11-9-21/h16-22H,6-15H2,1-5H3,(H,26,29)(H,27,30). The molecule has 2 rings (SSSR count). The van der Waals surface area contributed by atoms with Crippen LogP contribution in [-0.2, 0) is 20.4 Å². The number of hydrogen-bond donors (Lipinski definition) is 2. The first kappa shape index (κ1) is 27.6. The van der Waals surface area contributed by atoms with Crippen molar-refractivity contribution in [3.63, 3.8) is 0 Å². The minimum atomic E-state index is -0.651. The summed E-state index contributed by atoms with van der Waals surface area (Å²) in [5.41, 5.74) is 0. The molecular formula is C24H44ClN3O3S. The molecule has 0 aliphatic carbocycles. The van der Waals surface area contributed by atoms with E-state index >= 15 is 0 Å². The largest absolute Gasteiger partial charge is 0.355 e. The monoisotopic (exact) mass is 489 g/mol. The topological polar surface area (TPSA) is 78.5 Å². The molecule has 0 aromatic rings. The van der Waals surface area contributed by atoms with Crippen molar-refractivity contribution < 1.29 is 13.8 Å². The quantitative estimate of drug-likeness (QED) is 0.436. The second-order valence-electron chi connectivity index (χ2n) is 9.91. The maximum Gasteiger partial charge on any atom is 0.225 e. The molecule has 2 saturated heterocycles. The van der Waals surface area contributed by atoms with E-state index in [1.165, 1.54) is 0 Å². The van der Waals surface area contributed by atoms with Gasteiger partial charge in [-0.25, -0.2) is 0 Å². The second kappa shape index (κ2) is 13.3. The highest BCUT2D eigenvalue weighted by Gasteiger charge is 2.33. The van der Waals surface area contributed by atoms with E-state index in [0.29, 0.717) is 25.0 Å². The lowest BCUT2D eigenvalue weighted by Gasteiger charge is -2.38. The summed E-state index contributed by atoms with van der Waals surface area (Å²) in [6, 6.07) is 1.01. The summed E-state index contributed by atoms with van der Waals surface area (Å²) < 4.78 is 11.7. The van der Waals surface area contributed by atoms with E-state index in [-0.39, 0.29) is 41.0 Å². The summed E-state index contributed by atoms with van der Waals surface area (Å²) in [4.78, 5) is 27.6. The Kier molecular flexibility index (Phi) is 11.5. The smallest absolute Gasteiger partial charge is 0.225 e. The van der Waals surface area contributed by atoms with Crippen molar-refractivity contribution in [3.8, 4) is 0 Å². The molecular weight excluding hydrogens is 446 g/mol. The number of halogens is 1. The number of piperidine rings is 1. The average Bonchev–Trinajstić information content (AvgIpc) is 2.72. The number of nitrogens with zero attached hydrogens (tertiary/aromatic N) is 1. The number of rotatable bonds is 11. The Morgan fingerprint density at radius 3 is 2.47 bits per heavy atom. The van der Waals surface area contributed by atoms with Crippen LogP contribution < -0.4 is 10.6 Å². The van der Waals surface area contributed by atoms with Gasteiger partial charge in [-0.05, 0) is 64.8 Å². The first-order chi connectivity index (χ1) is 15.2. The highest BCUT2D eigenvalue weighted by molar-refractivity contribution is 7.85. The van der Waals surface area contributed by atoms with Gasteiger partial charge in [0.1, 0.15) is 0 Å². The first-order valence-electron chi connectivity index (χ1n) is 12.5. The zero-order chi connectivity index (χ0) is 23.8. The third-order valence-corrected chi connectivity index (χ3v) is 9.13. The molecule has 0 aromatic heterocycles. The molecule has 186 valence electrons. The molecule has 2 heterocycles. The van der Waals surface area contributed by atoms with Gasteiger partial charge in [0.05, 0.1) is 5.92 Å². The number of hydrogen-bond acceptors (Lipinski definition) is 4. The maximum absolute atomic E-state index is 12.8. The van der Waals surface area contributed by atoms with Gasteiger partial charge in [-0.1, -0.05) is 20.8 Å². The third kappa shape index (κ3) is 7.98. The van der Waals surface area contributed by atoms with Gasteiger partial charge in [0, 0.05) is 58.3 Å². The molecule has 32 heavy (non-hydrogen) atoms. The predicted molar refractivity (Wildman–Crippen MR) is 133 cm³/mol. The summed E-state index contributed by atoms with van der Waals surface area (Å²) in [7, 11) is -0.651. The molecule has 0 bridgehead atoms.